The van der Waals surface area contributed by atoms with Gasteiger partial charge in [-0.3, -0.25) is 0 Å². The summed E-state index contributed by atoms with van der Waals surface area (Å²) in [7, 11) is 0. The maximum atomic E-state index is 14.3. The summed E-state index contributed by atoms with van der Waals surface area (Å²) in [6.07, 6.45) is 1.08. The second kappa shape index (κ2) is 8.39. The van der Waals surface area contributed by atoms with Gasteiger partial charge in [-0.15, -0.1) is 0 Å². The topological polar surface area (TPSA) is 65.7 Å². The molecule has 1 aromatic heterocycles. The first kappa shape index (κ1) is 19.8. The van der Waals surface area contributed by atoms with Crippen molar-refractivity contribution in [1.29, 1.82) is 0 Å². The molecule has 146 valence electrons. The van der Waals surface area contributed by atoms with Crippen LogP contribution in [0.15, 0.2) is 83.8 Å². The molecule has 5 nitrogen and oxygen atoms in total. The molecule has 0 bridgehead atoms. The molecular formula is C23H17FO5. The van der Waals surface area contributed by atoms with Gasteiger partial charge in [0, 0.05) is 22.8 Å². The molecule has 0 N–H and O–H groups in total. The minimum Gasteiger partial charge on any atom is -0.456 e. The van der Waals surface area contributed by atoms with Crippen LogP contribution in [0.1, 0.15) is 6.92 Å². The second-order valence-corrected chi connectivity index (χ2v) is 6.13. The third-order valence-corrected chi connectivity index (χ3v) is 3.90. The van der Waals surface area contributed by atoms with Crippen molar-refractivity contribution in [3.05, 3.63) is 85.2 Å². The molecule has 0 spiro atoms. The van der Waals surface area contributed by atoms with Crippen molar-refractivity contribution >= 4 is 11.9 Å². The van der Waals surface area contributed by atoms with Gasteiger partial charge in [-0.1, -0.05) is 13.2 Å². The van der Waals surface area contributed by atoms with Gasteiger partial charge in [0.2, 0.25) is 0 Å². The van der Waals surface area contributed by atoms with E-state index in [1.165, 1.54) is 19.1 Å². The fourth-order valence-corrected chi connectivity index (χ4v) is 2.42. The van der Waals surface area contributed by atoms with Crippen LogP contribution in [0, 0.1) is 5.82 Å². The Morgan fingerprint density at radius 1 is 0.966 bits per heavy atom. The quantitative estimate of drug-likeness (QED) is 0.322. The molecule has 29 heavy (non-hydrogen) atoms. The molecular weight excluding hydrogens is 375 g/mol. The standard InChI is InChI=1S/C23H17FO5/c1-4-22(25)27-17-8-5-15(6-9-17)19-11-12-20(28-19)16-7-10-21(18(24)13-16)29-23(26)14(2)3/h4-13H,1-2H2,3H3. The Hall–Kier alpha value is -3.93. The highest BCUT2D eigenvalue weighted by Crippen LogP contribution is 2.31. The van der Waals surface area contributed by atoms with Gasteiger partial charge in [0.15, 0.2) is 11.6 Å². The minimum absolute atomic E-state index is 0.175. The van der Waals surface area contributed by atoms with Gasteiger partial charge in [-0.05, 0) is 61.5 Å². The Morgan fingerprint density at radius 3 is 2.17 bits per heavy atom. The number of carbonyl (C=O) groups excluding carboxylic acids is 2. The van der Waals surface area contributed by atoms with Gasteiger partial charge in [-0.25, -0.2) is 14.0 Å². The molecule has 3 rings (SSSR count). The number of benzene rings is 2. The average Bonchev–Trinajstić information content (AvgIpc) is 3.20. The van der Waals surface area contributed by atoms with Crippen LogP contribution in [0.2, 0.25) is 0 Å². The third-order valence-electron chi connectivity index (χ3n) is 3.90. The summed E-state index contributed by atoms with van der Waals surface area (Å²) < 4.78 is 30.0. The summed E-state index contributed by atoms with van der Waals surface area (Å²) in [5, 5.41) is 0. The number of ether oxygens (including phenoxy) is 2. The Bertz CT molecular complexity index is 1090. The van der Waals surface area contributed by atoms with E-state index in [0.29, 0.717) is 22.8 Å². The van der Waals surface area contributed by atoms with Gasteiger partial charge in [0.05, 0.1) is 0 Å². The van der Waals surface area contributed by atoms with Crippen LogP contribution in [-0.2, 0) is 9.59 Å². The van der Waals surface area contributed by atoms with E-state index in [0.717, 1.165) is 11.6 Å². The summed E-state index contributed by atoms with van der Waals surface area (Å²) >= 11 is 0. The Kier molecular flexibility index (Phi) is 5.74. The first-order valence-corrected chi connectivity index (χ1v) is 8.59. The van der Waals surface area contributed by atoms with Crippen LogP contribution < -0.4 is 9.47 Å². The number of carbonyl (C=O) groups is 2. The molecule has 1 heterocycles. The van der Waals surface area contributed by atoms with Crippen molar-refractivity contribution in [2.24, 2.45) is 0 Å². The molecule has 0 unspecified atom stereocenters. The smallest absolute Gasteiger partial charge is 0.338 e. The highest BCUT2D eigenvalue weighted by Gasteiger charge is 2.13. The number of hydrogen-bond acceptors (Lipinski definition) is 5. The lowest BCUT2D eigenvalue weighted by molar-refractivity contribution is -0.130. The molecule has 0 saturated heterocycles. The first-order chi connectivity index (χ1) is 13.9. The van der Waals surface area contributed by atoms with E-state index >= 15 is 0 Å². The summed E-state index contributed by atoms with van der Waals surface area (Å²) in [6.45, 7) is 8.28. The third kappa shape index (κ3) is 4.68. The van der Waals surface area contributed by atoms with Crippen LogP contribution in [-0.4, -0.2) is 11.9 Å². The first-order valence-electron chi connectivity index (χ1n) is 8.59. The molecule has 6 heteroatoms. The number of hydrogen-bond donors (Lipinski definition) is 0. The molecule has 0 aliphatic rings. The fraction of sp³-hybridized carbons (Fsp3) is 0.0435. The molecule has 0 aliphatic carbocycles. The van der Waals surface area contributed by atoms with Crippen molar-refractivity contribution in [2.45, 2.75) is 6.92 Å². The SMILES string of the molecule is C=CC(=O)Oc1ccc(-c2ccc(-c3ccc(OC(=O)C(=C)C)c(F)c3)o2)cc1. The Morgan fingerprint density at radius 2 is 1.59 bits per heavy atom. The van der Waals surface area contributed by atoms with E-state index in [1.807, 2.05) is 0 Å². The van der Waals surface area contributed by atoms with Gasteiger partial charge >= 0.3 is 11.9 Å². The molecule has 2 aromatic carbocycles. The fourth-order valence-electron chi connectivity index (χ4n) is 2.42. The van der Waals surface area contributed by atoms with Crippen molar-refractivity contribution < 1.29 is 27.9 Å². The highest BCUT2D eigenvalue weighted by molar-refractivity contribution is 5.88. The molecule has 0 aliphatic heterocycles. The normalized spacial score (nSPS) is 10.3. The predicted octanol–water partition coefficient (Wildman–Crippen LogP) is 5.33. The number of furan rings is 1. The summed E-state index contributed by atoms with van der Waals surface area (Å²) in [5.74, 6) is -0.732. The highest BCUT2D eigenvalue weighted by atomic mass is 19.1. The molecule has 0 amide bonds. The van der Waals surface area contributed by atoms with Gasteiger partial charge in [0.1, 0.15) is 17.3 Å². The number of halogens is 1. The zero-order valence-electron chi connectivity index (χ0n) is 15.6. The van der Waals surface area contributed by atoms with Gasteiger partial charge in [0.25, 0.3) is 0 Å². The van der Waals surface area contributed by atoms with E-state index in [2.05, 4.69) is 13.2 Å². The van der Waals surface area contributed by atoms with E-state index in [-0.39, 0.29) is 11.3 Å². The monoisotopic (exact) mass is 392 g/mol. The number of esters is 2. The zero-order valence-corrected chi connectivity index (χ0v) is 15.6. The van der Waals surface area contributed by atoms with E-state index in [9.17, 15) is 14.0 Å². The summed E-state index contributed by atoms with van der Waals surface area (Å²) in [6, 6.07) is 14.3. The van der Waals surface area contributed by atoms with Crippen molar-refractivity contribution in [3.8, 4) is 34.1 Å². The lowest BCUT2D eigenvalue weighted by Gasteiger charge is -2.06. The van der Waals surface area contributed by atoms with Crippen molar-refractivity contribution in [2.75, 3.05) is 0 Å². The van der Waals surface area contributed by atoms with E-state index < -0.39 is 17.8 Å². The van der Waals surface area contributed by atoms with Crippen LogP contribution >= 0.6 is 0 Å². The minimum atomic E-state index is -0.695. The van der Waals surface area contributed by atoms with Crippen molar-refractivity contribution in [1.82, 2.24) is 0 Å². The van der Waals surface area contributed by atoms with Gasteiger partial charge in [-0.2, -0.15) is 0 Å². The summed E-state index contributed by atoms with van der Waals surface area (Å²) in [5.41, 5.74) is 1.41. The molecule has 0 fully saturated rings. The van der Waals surface area contributed by atoms with E-state index in [4.69, 9.17) is 13.9 Å². The average molecular weight is 392 g/mol. The van der Waals surface area contributed by atoms with Crippen molar-refractivity contribution in [3.63, 3.8) is 0 Å². The lowest BCUT2D eigenvalue weighted by atomic mass is 10.1. The zero-order chi connectivity index (χ0) is 21.0. The lowest BCUT2D eigenvalue weighted by Crippen LogP contribution is -2.09. The van der Waals surface area contributed by atoms with Gasteiger partial charge < -0.3 is 13.9 Å². The second-order valence-electron chi connectivity index (χ2n) is 6.13. The largest absolute Gasteiger partial charge is 0.456 e. The Labute approximate surface area is 166 Å². The van der Waals surface area contributed by atoms with Crippen LogP contribution in [0.3, 0.4) is 0 Å². The Balaban J connectivity index is 1.78. The van der Waals surface area contributed by atoms with E-state index in [1.54, 1.807) is 42.5 Å². The molecule has 0 radical (unpaired) electrons. The van der Waals surface area contributed by atoms with Crippen LogP contribution in [0.4, 0.5) is 4.39 Å². The van der Waals surface area contributed by atoms with Crippen LogP contribution in [0.5, 0.6) is 11.5 Å². The molecule has 3 aromatic rings. The molecule has 0 saturated carbocycles. The number of rotatable bonds is 6. The predicted molar refractivity (Wildman–Crippen MR) is 106 cm³/mol. The van der Waals surface area contributed by atoms with Crippen LogP contribution in [0.25, 0.3) is 22.6 Å². The summed E-state index contributed by atoms with van der Waals surface area (Å²) in [4.78, 5) is 22.8. The maximum Gasteiger partial charge on any atom is 0.338 e. The molecule has 0 atom stereocenters. The maximum absolute atomic E-state index is 14.3.